The van der Waals surface area contributed by atoms with Crippen LogP contribution < -0.4 is 11.0 Å². The molecule has 0 saturated carbocycles. The van der Waals surface area contributed by atoms with Crippen molar-refractivity contribution in [1.29, 1.82) is 0 Å². The van der Waals surface area contributed by atoms with E-state index in [1.54, 1.807) is 66.2 Å². The van der Waals surface area contributed by atoms with E-state index in [2.05, 4.69) is 21.2 Å². The van der Waals surface area contributed by atoms with Gasteiger partial charge in [-0.05, 0) is 104 Å². The lowest BCUT2D eigenvalue weighted by Gasteiger charge is -2.34. The van der Waals surface area contributed by atoms with Crippen LogP contribution in [0.5, 0.6) is 0 Å². The molecule has 0 aliphatic carbocycles. The number of nitrogens with zero attached hydrogens (tertiary/aromatic N) is 5. The number of hydrogen-bond acceptors (Lipinski definition) is 6. The highest BCUT2D eigenvalue weighted by atomic mass is 79.9. The minimum Gasteiger partial charge on any atom is -0.444 e. The first-order valence-electron chi connectivity index (χ1n) is 16.2. The highest BCUT2D eigenvalue weighted by molar-refractivity contribution is 9.10. The number of fused-ring (bicyclic) bond motifs is 1. The Morgan fingerprint density at radius 3 is 2.36 bits per heavy atom. The monoisotopic (exact) mass is 744 g/mol. The fourth-order valence-electron chi connectivity index (χ4n) is 6.04. The zero-order valence-corrected chi connectivity index (χ0v) is 30.2. The number of ether oxygens (including phenoxy) is 2. The van der Waals surface area contributed by atoms with E-state index in [1.807, 2.05) is 58.0 Å². The molecule has 50 heavy (non-hydrogen) atoms. The number of aromatic nitrogens is 4. The van der Waals surface area contributed by atoms with E-state index in [-0.39, 0.29) is 12.4 Å². The molecule has 1 atom stereocenters. The maximum absolute atomic E-state index is 14.7. The summed E-state index contributed by atoms with van der Waals surface area (Å²) in [6, 6.07) is 17.3. The van der Waals surface area contributed by atoms with Gasteiger partial charge >= 0.3 is 17.9 Å². The third-order valence-corrected chi connectivity index (χ3v) is 9.12. The summed E-state index contributed by atoms with van der Waals surface area (Å²) >= 11 is 3.47. The largest absolute Gasteiger partial charge is 0.444 e. The predicted octanol–water partition coefficient (Wildman–Crippen LogP) is 7.94. The van der Waals surface area contributed by atoms with Crippen LogP contribution in [0.4, 0.5) is 19.7 Å². The number of rotatable bonds is 6. The number of nitrogens with one attached hydrogen (secondary N) is 1. The van der Waals surface area contributed by atoms with Gasteiger partial charge in [-0.15, -0.1) is 0 Å². The van der Waals surface area contributed by atoms with Crippen molar-refractivity contribution in [2.45, 2.75) is 66.2 Å². The molecule has 2 aromatic heterocycles. The summed E-state index contributed by atoms with van der Waals surface area (Å²) in [5.41, 5.74) is 3.45. The van der Waals surface area contributed by atoms with Gasteiger partial charge in [-0.2, -0.15) is 5.10 Å². The molecule has 11 nitrogen and oxygen atoms in total. The van der Waals surface area contributed by atoms with E-state index in [4.69, 9.17) is 14.6 Å². The van der Waals surface area contributed by atoms with E-state index in [9.17, 15) is 18.8 Å². The molecule has 0 spiro atoms. The second-order valence-corrected chi connectivity index (χ2v) is 14.1. The van der Waals surface area contributed by atoms with Gasteiger partial charge in [0.2, 0.25) is 0 Å². The predicted molar refractivity (Wildman–Crippen MR) is 191 cm³/mol. The first kappa shape index (κ1) is 34.7. The number of imidazole rings is 1. The Morgan fingerprint density at radius 1 is 1.00 bits per heavy atom. The van der Waals surface area contributed by atoms with Crippen LogP contribution in [-0.4, -0.2) is 48.1 Å². The van der Waals surface area contributed by atoms with Crippen molar-refractivity contribution in [1.82, 2.24) is 23.8 Å². The second-order valence-electron chi connectivity index (χ2n) is 13.3. The Morgan fingerprint density at radius 2 is 1.68 bits per heavy atom. The summed E-state index contributed by atoms with van der Waals surface area (Å²) in [5, 5.41) is 7.67. The van der Waals surface area contributed by atoms with Crippen LogP contribution in [0.25, 0.3) is 17.2 Å². The molecule has 3 aromatic carbocycles. The zero-order valence-electron chi connectivity index (χ0n) is 28.7. The fraction of sp³-hybridized carbons (Fsp3) is 0.297. The number of carbonyl (C=O) groups excluding carboxylic acids is 2. The maximum atomic E-state index is 14.7. The molecule has 0 unspecified atom stereocenters. The maximum Gasteiger partial charge on any atom is 0.411 e. The highest BCUT2D eigenvalue weighted by Crippen LogP contribution is 2.36. The van der Waals surface area contributed by atoms with Gasteiger partial charge in [0, 0.05) is 35.4 Å². The van der Waals surface area contributed by atoms with Crippen molar-refractivity contribution in [2.24, 2.45) is 0 Å². The molecule has 0 fully saturated rings. The number of halogens is 2. The molecule has 2 amide bonds. The molecule has 260 valence electrons. The second kappa shape index (κ2) is 13.6. The van der Waals surface area contributed by atoms with Crippen LogP contribution in [0, 0.1) is 19.7 Å². The average molecular weight is 746 g/mol. The number of carbonyl (C=O) groups is 2. The summed E-state index contributed by atoms with van der Waals surface area (Å²) in [5.74, 6) is 0.110. The lowest BCUT2D eigenvalue weighted by atomic mass is 10.00. The van der Waals surface area contributed by atoms with E-state index < -0.39 is 29.5 Å². The number of amides is 2. The van der Waals surface area contributed by atoms with Gasteiger partial charge in [-0.3, -0.25) is 14.5 Å². The summed E-state index contributed by atoms with van der Waals surface area (Å²) in [6.45, 7) is 11.2. The topological polar surface area (TPSA) is 113 Å². The van der Waals surface area contributed by atoms with Crippen molar-refractivity contribution in [3.63, 3.8) is 0 Å². The third kappa shape index (κ3) is 6.95. The zero-order chi connectivity index (χ0) is 35.9. The Labute approximate surface area is 297 Å². The number of benzene rings is 3. The van der Waals surface area contributed by atoms with Gasteiger partial charge in [-0.25, -0.2) is 23.5 Å². The van der Waals surface area contributed by atoms with Crippen LogP contribution in [0.2, 0.25) is 0 Å². The molecule has 0 bridgehead atoms. The first-order valence-corrected chi connectivity index (χ1v) is 17.0. The Kier molecular flexibility index (Phi) is 9.45. The average Bonchev–Trinajstić information content (AvgIpc) is 3.64. The lowest BCUT2D eigenvalue weighted by molar-refractivity contribution is 0.0159. The summed E-state index contributed by atoms with van der Waals surface area (Å²) in [6.07, 6.45) is 2.55. The Balaban J connectivity index is 1.40. The Bertz CT molecular complexity index is 2130. The molecular formula is C37H38BrFN6O5. The fourth-order valence-corrected chi connectivity index (χ4v) is 6.39. The summed E-state index contributed by atoms with van der Waals surface area (Å²) in [7, 11) is 0. The first-order chi connectivity index (χ1) is 23.7. The van der Waals surface area contributed by atoms with Crippen LogP contribution in [0.15, 0.2) is 82.3 Å². The Hall–Kier alpha value is -5.17. The van der Waals surface area contributed by atoms with Crippen molar-refractivity contribution in [3.8, 4) is 17.2 Å². The van der Waals surface area contributed by atoms with Crippen LogP contribution in [0.1, 0.15) is 61.7 Å². The SMILES string of the molecule is Cc1cc(-n2nc3c(c2-n2ccn(-c4ccc(Br)c(NC(=O)OCc5ccccc5)c4)c2=O)[C@H](C)N(C(=O)OC(C)(C)C)CC3)cc(C)c1F. The van der Waals surface area contributed by atoms with Crippen molar-refractivity contribution >= 4 is 33.8 Å². The minimum atomic E-state index is -0.696. The third-order valence-electron chi connectivity index (χ3n) is 8.42. The molecule has 0 radical (unpaired) electrons. The quantitative estimate of drug-likeness (QED) is 0.189. The van der Waals surface area contributed by atoms with Gasteiger partial charge in [0.05, 0.1) is 28.8 Å². The van der Waals surface area contributed by atoms with E-state index in [1.165, 1.54) is 9.13 Å². The van der Waals surface area contributed by atoms with Gasteiger partial charge in [0.25, 0.3) is 0 Å². The normalized spacial score (nSPS) is 14.3. The van der Waals surface area contributed by atoms with Crippen molar-refractivity contribution < 1.29 is 23.5 Å². The van der Waals surface area contributed by atoms with Gasteiger partial charge in [-0.1, -0.05) is 30.3 Å². The summed E-state index contributed by atoms with van der Waals surface area (Å²) < 4.78 is 31.0. The van der Waals surface area contributed by atoms with Gasteiger partial charge < -0.3 is 14.4 Å². The standard InChI is InChI=1S/C37H38BrFN6O5/c1-22-18-27(19-23(2)32(22)39)45-33(31-24(3)42(15-14-29(31)41-45)36(48)50-37(4,5)6)44-17-16-43(35(44)47)26-12-13-28(38)30(20-26)40-34(46)49-21-25-10-8-7-9-11-25/h7-13,16-20,24H,14-15,21H2,1-6H3,(H,40,46)/t24-/m0/s1. The number of aryl methyl sites for hydroxylation is 2. The summed E-state index contributed by atoms with van der Waals surface area (Å²) in [4.78, 5) is 41.9. The molecule has 1 aliphatic heterocycles. The molecule has 1 aliphatic rings. The van der Waals surface area contributed by atoms with Crippen LogP contribution in [-0.2, 0) is 22.5 Å². The molecule has 5 aromatic rings. The van der Waals surface area contributed by atoms with Crippen LogP contribution in [0.3, 0.4) is 0 Å². The molecule has 3 heterocycles. The number of anilines is 1. The highest BCUT2D eigenvalue weighted by Gasteiger charge is 2.37. The van der Waals surface area contributed by atoms with Crippen molar-refractivity contribution in [3.05, 3.63) is 122 Å². The molecule has 1 N–H and O–H groups in total. The molecule has 0 saturated heterocycles. The van der Waals surface area contributed by atoms with E-state index in [0.717, 1.165) is 11.3 Å². The lowest BCUT2D eigenvalue weighted by Crippen LogP contribution is -2.42. The number of hydrogen-bond donors (Lipinski definition) is 1. The van der Waals surface area contributed by atoms with Crippen molar-refractivity contribution in [2.75, 3.05) is 11.9 Å². The smallest absolute Gasteiger partial charge is 0.411 e. The van der Waals surface area contributed by atoms with Gasteiger partial charge in [0.1, 0.15) is 23.8 Å². The minimum absolute atomic E-state index is 0.0984. The molecule has 6 rings (SSSR count). The van der Waals surface area contributed by atoms with E-state index >= 15 is 0 Å². The molecular weight excluding hydrogens is 707 g/mol. The van der Waals surface area contributed by atoms with E-state index in [0.29, 0.717) is 57.0 Å². The molecule has 13 heteroatoms. The van der Waals surface area contributed by atoms with Crippen LogP contribution >= 0.6 is 15.9 Å². The van der Waals surface area contributed by atoms with Gasteiger partial charge in [0.15, 0.2) is 0 Å².